The smallest absolute Gasteiger partial charge is 0.308 e. The molecule has 0 aromatic rings. The minimum atomic E-state index is -0.659. The van der Waals surface area contributed by atoms with Crippen molar-refractivity contribution in [2.24, 2.45) is 5.92 Å². The Kier molecular flexibility index (Phi) is 6.02. The van der Waals surface area contributed by atoms with Crippen LogP contribution in [0.25, 0.3) is 0 Å². The fourth-order valence-electron chi connectivity index (χ4n) is 3.46. The fraction of sp³-hybridized carbons (Fsp3) is 0.938. The van der Waals surface area contributed by atoms with E-state index in [1.165, 1.54) is 0 Å². The van der Waals surface area contributed by atoms with Gasteiger partial charge in [0.1, 0.15) is 0 Å². The van der Waals surface area contributed by atoms with Crippen molar-refractivity contribution in [3.05, 3.63) is 0 Å². The van der Waals surface area contributed by atoms with Gasteiger partial charge in [-0.05, 0) is 39.0 Å². The molecule has 122 valence electrons. The first kappa shape index (κ1) is 16.7. The van der Waals surface area contributed by atoms with E-state index in [-0.39, 0.29) is 11.9 Å². The van der Waals surface area contributed by atoms with Crippen LogP contribution in [0.15, 0.2) is 0 Å². The van der Waals surface area contributed by atoms with Gasteiger partial charge in [0.25, 0.3) is 0 Å². The maximum Gasteiger partial charge on any atom is 0.308 e. The third kappa shape index (κ3) is 4.41. The molecule has 5 nitrogen and oxygen atoms in total. The Balaban J connectivity index is 1.85. The molecule has 0 bridgehead atoms. The lowest BCUT2D eigenvalue weighted by molar-refractivity contribution is -0.151. The van der Waals surface area contributed by atoms with Crippen LogP contribution < -0.4 is 0 Å². The van der Waals surface area contributed by atoms with Crippen molar-refractivity contribution >= 4 is 5.97 Å². The van der Waals surface area contributed by atoms with Gasteiger partial charge >= 0.3 is 5.97 Å². The van der Waals surface area contributed by atoms with E-state index in [1.807, 2.05) is 6.92 Å². The van der Waals surface area contributed by atoms with Crippen LogP contribution in [0.5, 0.6) is 0 Å². The minimum Gasteiger partial charge on any atom is -0.466 e. The quantitative estimate of drug-likeness (QED) is 0.781. The maximum absolute atomic E-state index is 11.8. The summed E-state index contributed by atoms with van der Waals surface area (Å²) in [5.74, 6) is -0.130. The summed E-state index contributed by atoms with van der Waals surface area (Å²) in [6, 6.07) is 0.408. The van der Waals surface area contributed by atoms with E-state index in [2.05, 4.69) is 11.8 Å². The molecule has 2 fully saturated rings. The average molecular weight is 299 g/mol. The summed E-state index contributed by atoms with van der Waals surface area (Å²) in [5, 5.41) is 10.8. The van der Waals surface area contributed by atoms with Gasteiger partial charge in [0, 0.05) is 19.1 Å². The Morgan fingerprint density at radius 3 is 2.71 bits per heavy atom. The van der Waals surface area contributed by atoms with Crippen molar-refractivity contribution in [2.75, 3.05) is 32.9 Å². The Morgan fingerprint density at radius 1 is 1.38 bits per heavy atom. The second-order valence-corrected chi connectivity index (χ2v) is 6.36. The lowest BCUT2D eigenvalue weighted by Gasteiger charge is -2.43. The van der Waals surface area contributed by atoms with E-state index in [4.69, 9.17) is 9.47 Å². The van der Waals surface area contributed by atoms with E-state index >= 15 is 0 Å². The van der Waals surface area contributed by atoms with E-state index < -0.39 is 5.60 Å². The third-order valence-electron chi connectivity index (χ3n) is 4.85. The number of β-amino-alcohol motifs (C(OH)–C–C–N with tert-alkyl or cyclic N) is 1. The van der Waals surface area contributed by atoms with Crippen molar-refractivity contribution in [3.8, 4) is 0 Å². The first-order valence-corrected chi connectivity index (χ1v) is 8.29. The van der Waals surface area contributed by atoms with Crippen LogP contribution in [0.2, 0.25) is 0 Å². The van der Waals surface area contributed by atoms with Crippen LogP contribution in [0.4, 0.5) is 0 Å². The number of morpholine rings is 1. The molecule has 1 N–H and O–H groups in total. The number of esters is 1. The number of carbonyl (C=O) groups excluding carboxylic acids is 1. The lowest BCUT2D eigenvalue weighted by atomic mass is 9.78. The zero-order valence-electron chi connectivity index (χ0n) is 13.3. The molecule has 1 unspecified atom stereocenters. The first-order chi connectivity index (χ1) is 10.1. The highest BCUT2D eigenvalue weighted by atomic mass is 16.5. The van der Waals surface area contributed by atoms with Crippen LogP contribution >= 0.6 is 0 Å². The monoisotopic (exact) mass is 299 g/mol. The summed E-state index contributed by atoms with van der Waals surface area (Å²) in [4.78, 5) is 14.1. The minimum absolute atomic E-state index is 0.0307. The number of aliphatic hydroxyl groups is 1. The Labute approximate surface area is 127 Å². The van der Waals surface area contributed by atoms with E-state index in [0.29, 0.717) is 32.0 Å². The SMILES string of the molecule is CCOC(=O)C1CCC(O)(CN2CCOCC2CC)CC1. The van der Waals surface area contributed by atoms with E-state index in [1.54, 1.807) is 0 Å². The molecular weight excluding hydrogens is 270 g/mol. The van der Waals surface area contributed by atoms with Crippen molar-refractivity contribution in [3.63, 3.8) is 0 Å². The van der Waals surface area contributed by atoms with Crippen LogP contribution in [0, 0.1) is 5.92 Å². The van der Waals surface area contributed by atoms with Gasteiger partial charge in [-0.1, -0.05) is 6.92 Å². The van der Waals surface area contributed by atoms with Crippen molar-refractivity contribution in [1.82, 2.24) is 4.90 Å². The standard InChI is InChI=1S/C16H29NO4/c1-3-14-11-20-10-9-17(14)12-16(19)7-5-13(6-8-16)15(18)21-4-2/h13-14,19H,3-12H2,1-2H3. The van der Waals surface area contributed by atoms with Gasteiger partial charge in [-0.25, -0.2) is 0 Å². The zero-order chi connectivity index (χ0) is 15.3. The maximum atomic E-state index is 11.8. The molecule has 1 aliphatic heterocycles. The number of hydrogen-bond donors (Lipinski definition) is 1. The summed E-state index contributed by atoms with van der Waals surface area (Å²) in [6.45, 7) is 7.53. The topological polar surface area (TPSA) is 59.0 Å². The molecule has 5 heteroatoms. The summed E-state index contributed by atoms with van der Waals surface area (Å²) in [7, 11) is 0. The first-order valence-electron chi connectivity index (χ1n) is 8.29. The van der Waals surface area contributed by atoms with Gasteiger partial charge in [0.2, 0.25) is 0 Å². The van der Waals surface area contributed by atoms with Crippen molar-refractivity contribution in [1.29, 1.82) is 0 Å². The van der Waals surface area contributed by atoms with Crippen LogP contribution in [-0.4, -0.2) is 60.5 Å². The molecule has 1 saturated carbocycles. The zero-order valence-corrected chi connectivity index (χ0v) is 13.3. The molecular formula is C16H29NO4. The molecule has 2 aliphatic rings. The number of hydrogen-bond acceptors (Lipinski definition) is 5. The lowest BCUT2D eigenvalue weighted by Crippen LogP contribution is -2.53. The summed E-state index contributed by atoms with van der Waals surface area (Å²) < 4.78 is 10.6. The summed E-state index contributed by atoms with van der Waals surface area (Å²) in [6.07, 6.45) is 3.88. The Bertz CT molecular complexity index is 339. The highest BCUT2D eigenvalue weighted by Crippen LogP contribution is 2.34. The normalized spacial score (nSPS) is 34.6. The molecule has 1 aliphatic carbocycles. The van der Waals surface area contributed by atoms with Gasteiger partial charge < -0.3 is 14.6 Å². The third-order valence-corrected chi connectivity index (χ3v) is 4.85. The van der Waals surface area contributed by atoms with Crippen LogP contribution in [0.1, 0.15) is 46.0 Å². The highest BCUT2D eigenvalue weighted by Gasteiger charge is 2.39. The van der Waals surface area contributed by atoms with E-state index in [9.17, 15) is 9.90 Å². The molecule has 1 heterocycles. The van der Waals surface area contributed by atoms with Gasteiger partial charge in [-0.3, -0.25) is 9.69 Å². The molecule has 21 heavy (non-hydrogen) atoms. The van der Waals surface area contributed by atoms with Gasteiger partial charge in [0.15, 0.2) is 0 Å². The summed E-state index contributed by atoms with van der Waals surface area (Å²) >= 11 is 0. The molecule has 0 aromatic heterocycles. The molecule has 1 atom stereocenters. The molecule has 0 radical (unpaired) electrons. The predicted octanol–water partition coefficient (Wildman–Crippen LogP) is 1.58. The number of rotatable bonds is 5. The second-order valence-electron chi connectivity index (χ2n) is 6.36. The molecule has 0 amide bonds. The number of nitrogens with zero attached hydrogens (tertiary/aromatic N) is 1. The highest BCUT2D eigenvalue weighted by molar-refractivity contribution is 5.72. The fourth-order valence-corrected chi connectivity index (χ4v) is 3.46. The van der Waals surface area contributed by atoms with Gasteiger partial charge in [0.05, 0.1) is 31.3 Å². The van der Waals surface area contributed by atoms with E-state index in [0.717, 1.165) is 39.0 Å². The second kappa shape index (κ2) is 7.56. The number of carbonyl (C=O) groups is 1. The van der Waals surface area contributed by atoms with Crippen molar-refractivity contribution in [2.45, 2.75) is 57.6 Å². The van der Waals surface area contributed by atoms with Gasteiger partial charge in [-0.15, -0.1) is 0 Å². The van der Waals surface area contributed by atoms with Gasteiger partial charge in [-0.2, -0.15) is 0 Å². The molecule has 0 spiro atoms. The molecule has 0 aromatic carbocycles. The van der Waals surface area contributed by atoms with Crippen LogP contribution in [-0.2, 0) is 14.3 Å². The molecule has 1 saturated heterocycles. The summed E-state index contributed by atoms with van der Waals surface area (Å²) in [5.41, 5.74) is -0.659. The number of ether oxygens (including phenoxy) is 2. The van der Waals surface area contributed by atoms with Crippen molar-refractivity contribution < 1.29 is 19.4 Å². The largest absolute Gasteiger partial charge is 0.466 e. The molecule has 2 rings (SSSR count). The predicted molar refractivity (Wildman–Crippen MR) is 80.0 cm³/mol. The average Bonchev–Trinajstić information content (AvgIpc) is 2.48. The Hall–Kier alpha value is -0.650. The van der Waals surface area contributed by atoms with Crippen LogP contribution in [0.3, 0.4) is 0 Å². The Morgan fingerprint density at radius 2 is 2.10 bits per heavy atom.